The Balaban J connectivity index is 1.45. The molecule has 1 heterocycles. The van der Waals surface area contributed by atoms with Crippen molar-refractivity contribution >= 4 is 34.0 Å². The van der Waals surface area contributed by atoms with Crippen LogP contribution >= 0.6 is 0 Å². The lowest BCUT2D eigenvalue weighted by atomic mass is 10.2. The first-order valence-electron chi connectivity index (χ1n) is 10.6. The molecular formula is C26H26N4O4. The van der Waals surface area contributed by atoms with Gasteiger partial charge in [0.25, 0.3) is 0 Å². The SMILES string of the molecule is COc1cc2nccc(Oc3ccc(NC(=O)Nc4cccc(N(C)C)c4)cc3)c2cc1OC. The fourth-order valence-electron chi connectivity index (χ4n) is 3.43. The van der Waals surface area contributed by atoms with Gasteiger partial charge in [-0.15, -0.1) is 0 Å². The Morgan fingerprint density at radius 2 is 1.53 bits per heavy atom. The van der Waals surface area contributed by atoms with Crippen LogP contribution in [0, 0.1) is 0 Å². The highest BCUT2D eigenvalue weighted by Gasteiger charge is 2.12. The molecule has 4 aromatic rings. The summed E-state index contributed by atoms with van der Waals surface area (Å²) in [6.07, 6.45) is 1.68. The number of amides is 2. The highest BCUT2D eigenvalue weighted by atomic mass is 16.5. The number of urea groups is 1. The fourth-order valence-corrected chi connectivity index (χ4v) is 3.43. The van der Waals surface area contributed by atoms with Gasteiger partial charge in [-0.05, 0) is 54.6 Å². The Hall–Kier alpha value is -4.46. The van der Waals surface area contributed by atoms with Crippen LogP contribution in [0.3, 0.4) is 0 Å². The molecule has 0 bridgehead atoms. The maximum absolute atomic E-state index is 12.4. The molecule has 8 nitrogen and oxygen atoms in total. The van der Waals surface area contributed by atoms with E-state index in [-0.39, 0.29) is 6.03 Å². The Labute approximate surface area is 198 Å². The molecule has 34 heavy (non-hydrogen) atoms. The van der Waals surface area contributed by atoms with Crippen LogP contribution in [0.15, 0.2) is 72.9 Å². The van der Waals surface area contributed by atoms with E-state index in [9.17, 15) is 4.79 Å². The molecule has 174 valence electrons. The molecule has 0 aliphatic heterocycles. The number of carbonyl (C=O) groups excluding carboxylic acids is 1. The minimum atomic E-state index is -0.328. The number of benzene rings is 3. The molecule has 4 rings (SSSR count). The maximum Gasteiger partial charge on any atom is 0.323 e. The number of hydrogen-bond donors (Lipinski definition) is 2. The zero-order chi connectivity index (χ0) is 24.1. The maximum atomic E-state index is 12.4. The number of nitrogens with one attached hydrogen (secondary N) is 2. The normalized spacial score (nSPS) is 10.5. The molecule has 1 aromatic heterocycles. The molecule has 2 amide bonds. The highest BCUT2D eigenvalue weighted by Crippen LogP contribution is 2.37. The number of pyridine rings is 1. The Kier molecular flexibility index (Phi) is 6.68. The van der Waals surface area contributed by atoms with Gasteiger partial charge in [0.15, 0.2) is 11.5 Å². The number of nitrogens with zero attached hydrogens (tertiary/aromatic N) is 2. The second kappa shape index (κ2) is 9.99. The standard InChI is InChI=1S/C26H26N4O4/c1-30(2)19-7-5-6-18(14-19)29-26(31)28-17-8-10-20(11-9-17)34-23-12-13-27-22-16-25(33-4)24(32-3)15-21(22)23/h5-16H,1-4H3,(H2,28,29,31). The average molecular weight is 459 g/mol. The van der Waals surface area contributed by atoms with E-state index in [1.165, 1.54) is 0 Å². The molecule has 0 aliphatic rings. The van der Waals surface area contributed by atoms with Crippen molar-refractivity contribution in [3.05, 3.63) is 72.9 Å². The average Bonchev–Trinajstić information content (AvgIpc) is 2.84. The number of ether oxygens (including phenoxy) is 3. The first-order chi connectivity index (χ1) is 16.5. The van der Waals surface area contributed by atoms with Gasteiger partial charge in [0.2, 0.25) is 0 Å². The molecule has 0 unspecified atom stereocenters. The highest BCUT2D eigenvalue weighted by molar-refractivity contribution is 6.00. The third-order valence-corrected chi connectivity index (χ3v) is 5.17. The third kappa shape index (κ3) is 5.12. The molecule has 0 saturated carbocycles. The summed E-state index contributed by atoms with van der Waals surface area (Å²) in [5.74, 6) is 2.44. The largest absolute Gasteiger partial charge is 0.493 e. The molecule has 0 fully saturated rings. The number of aromatic nitrogens is 1. The first-order valence-corrected chi connectivity index (χ1v) is 10.6. The van der Waals surface area contributed by atoms with Gasteiger partial charge in [-0.2, -0.15) is 0 Å². The zero-order valence-electron chi connectivity index (χ0n) is 19.5. The number of carbonyl (C=O) groups is 1. The molecule has 8 heteroatoms. The van der Waals surface area contributed by atoms with Gasteiger partial charge in [0.1, 0.15) is 11.5 Å². The number of methoxy groups -OCH3 is 2. The fraction of sp³-hybridized carbons (Fsp3) is 0.154. The van der Waals surface area contributed by atoms with E-state index in [1.54, 1.807) is 56.8 Å². The summed E-state index contributed by atoms with van der Waals surface area (Å²) in [6.45, 7) is 0. The van der Waals surface area contributed by atoms with Crippen molar-refractivity contribution in [3.63, 3.8) is 0 Å². The second-order valence-electron chi connectivity index (χ2n) is 7.68. The Morgan fingerprint density at radius 3 is 2.24 bits per heavy atom. The van der Waals surface area contributed by atoms with Crippen molar-refractivity contribution in [2.75, 3.05) is 43.8 Å². The van der Waals surface area contributed by atoms with Gasteiger partial charge < -0.3 is 29.7 Å². The summed E-state index contributed by atoms with van der Waals surface area (Å²) in [5.41, 5.74) is 3.07. The lowest BCUT2D eigenvalue weighted by Gasteiger charge is -2.14. The van der Waals surface area contributed by atoms with E-state index in [0.717, 1.165) is 16.6 Å². The summed E-state index contributed by atoms with van der Waals surface area (Å²) in [4.78, 5) is 18.8. The van der Waals surface area contributed by atoms with E-state index in [4.69, 9.17) is 14.2 Å². The quantitative estimate of drug-likeness (QED) is 0.367. The number of fused-ring (bicyclic) bond motifs is 1. The minimum Gasteiger partial charge on any atom is -0.493 e. The summed E-state index contributed by atoms with van der Waals surface area (Å²) < 4.78 is 16.8. The van der Waals surface area contributed by atoms with Crippen LogP contribution < -0.4 is 29.7 Å². The molecule has 3 aromatic carbocycles. The van der Waals surface area contributed by atoms with Gasteiger partial charge in [-0.1, -0.05) is 6.07 Å². The van der Waals surface area contributed by atoms with Crippen LogP contribution in [-0.2, 0) is 0 Å². The summed E-state index contributed by atoms with van der Waals surface area (Å²) >= 11 is 0. The molecule has 0 radical (unpaired) electrons. The minimum absolute atomic E-state index is 0.328. The van der Waals surface area contributed by atoms with Gasteiger partial charge >= 0.3 is 6.03 Å². The Bertz CT molecular complexity index is 1310. The smallest absolute Gasteiger partial charge is 0.323 e. The monoisotopic (exact) mass is 458 g/mol. The van der Waals surface area contributed by atoms with E-state index >= 15 is 0 Å². The van der Waals surface area contributed by atoms with Crippen LogP contribution in [0.25, 0.3) is 10.9 Å². The van der Waals surface area contributed by atoms with Crippen molar-refractivity contribution in [2.45, 2.75) is 0 Å². The second-order valence-corrected chi connectivity index (χ2v) is 7.68. The van der Waals surface area contributed by atoms with Gasteiger partial charge in [-0.3, -0.25) is 4.98 Å². The first kappa shape index (κ1) is 22.7. The predicted octanol–water partition coefficient (Wildman–Crippen LogP) is 5.75. The molecular weight excluding hydrogens is 432 g/mol. The number of anilines is 3. The molecule has 0 aliphatic carbocycles. The lowest BCUT2D eigenvalue weighted by molar-refractivity contribution is 0.262. The van der Waals surface area contributed by atoms with Gasteiger partial charge in [-0.25, -0.2) is 4.79 Å². The van der Waals surface area contributed by atoms with E-state index in [1.807, 2.05) is 49.3 Å². The zero-order valence-corrected chi connectivity index (χ0v) is 19.5. The van der Waals surface area contributed by atoms with Gasteiger partial charge in [0.05, 0.1) is 19.7 Å². The van der Waals surface area contributed by atoms with Crippen LogP contribution in [-0.4, -0.2) is 39.3 Å². The Morgan fingerprint density at radius 1 is 0.824 bits per heavy atom. The summed E-state index contributed by atoms with van der Waals surface area (Å²) in [5, 5.41) is 6.46. The van der Waals surface area contributed by atoms with Crippen molar-refractivity contribution in [2.24, 2.45) is 0 Å². The van der Waals surface area contributed by atoms with Crippen LogP contribution in [0.4, 0.5) is 21.9 Å². The van der Waals surface area contributed by atoms with Crippen LogP contribution in [0.5, 0.6) is 23.0 Å². The molecule has 0 saturated heterocycles. The van der Waals surface area contributed by atoms with E-state index < -0.39 is 0 Å². The van der Waals surface area contributed by atoms with Crippen LogP contribution in [0.1, 0.15) is 0 Å². The van der Waals surface area contributed by atoms with Crippen molar-refractivity contribution in [1.82, 2.24) is 4.98 Å². The van der Waals surface area contributed by atoms with Crippen molar-refractivity contribution in [3.8, 4) is 23.0 Å². The van der Waals surface area contributed by atoms with E-state index in [0.29, 0.717) is 34.4 Å². The van der Waals surface area contributed by atoms with Crippen molar-refractivity contribution in [1.29, 1.82) is 0 Å². The van der Waals surface area contributed by atoms with E-state index in [2.05, 4.69) is 15.6 Å². The molecule has 2 N–H and O–H groups in total. The lowest BCUT2D eigenvalue weighted by Crippen LogP contribution is -2.19. The molecule has 0 atom stereocenters. The topological polar surface area (TPSA) is 85.0 Å². The third-order valence-electron chi connectivity index (χ3n) is 5.17. The predicted molar refractivity (Wildman–Crippen MR) is 135 cm³/mol. The van der Waals surface area contributed by atoms with Gasteiger partial charge in [0, 0.05) is 48.8 Å². The summed E-state index contributed by atoms with van der Waals surface area (Å²) in [6, 6.07) is 19.8. The van der Waals surface area contributed by atoms with Crippen LogP contribution in [0.2, 0.25) is 0 Å². The number of hydrogen-bond acceptors (Lipinski definition) is 6. The number of rotatable bonds is 7. The summed E-state index contributed by atoms with van der Waals surface area (Å²) in [7, 11) is 7.07. The van der Waals surface area contributed by atoms with Crippen molar-refractivity contribution < 1.29 is 19.0 Å². The molecule has 0 spiro atoms.